The first-order valence-corrected chi connectivity index (χ1v) is 6.70. The van der Waals surface area contributed by atoms with Crippen LogP contribution in [0.1, 0.15) is 11.5 Å². The predicted molar refractivity (Wildman–Crippen MR) is 82.3 cm³/mol. The molecule has 0 spiro atoms. The molecule has 0 radical (unpaired) electrons. The van der Waals surface area contributed by atoms with E-state index in [0.717, 1.165) is 36.7 Å². The average molecular weight is 268 g/mol. The molecule has 0 aliphatic rings. The van der Waals surface area contributed by atoms with Crippen molar-refractivity contribution in [1.82, 2.24) is 9.88 Å². The van der Waals surface area contributed by atoms with E-state index in [1.165, 1.54) is 0 Å². The van der Waals surface area contributed by atoms with Crippen molar-refractivity contribution >= 4 is 0 Å². The van der Waals surface area contributed by atoms with Gasteiger partial charge in [-0.2, -0.15) is 0 Å². The minimum atomic E-state index is 0.676. The number of rotatable bonds is 7. The highest BCUT2D eigenvalue weighted by Crippen LogP contribution is 2.22. The lowest BCUT2D eigenvalue weighted by molar-refractivity contribution is 0.322. The summed E-state index contributed by atoms with van der Waals surface area (Å²) in [6.45, 7) is 11.9. The van der Waals surface area contributed by atoms with Crippen LogP contribution in [-0.4, -0.2) is 23.0 Å². The van der Waals surface area contributed by atoms with Gasteiger partial charge in [-0.05, 0) is 19.1 Å². The Balaban J connectivity index is 2.19. The largest absolute Gasteiger partial charge is 0.441 e. The standard InChI is InChI=1S/C17H20N2O/c1-4-11-19(12-5-2)13-16-14(3)20-17(18-16)15-9-7-6-8-10-15/h4-10H,1-2,11-13H2,3H3. The van der Waals surface area contributed by atoms with Gasteiger partial charge < -0.3 is 4.42 Å². The summed E-state index contributed by atoms with van der Waals surface area (Å²) in [5, 5.41) is 0. The molecule has 0 saturated carbocycles. The van der Waals surface area contributed by atoms with Crippen LogP contribution in [0.25, 0.3) is 11.5 Å². The summed E-state index contributed by atoms with van der Waals surface area (Å²) < 4.78 is 5.77. The van der Waals surface area contributed by atoms with Gasteiger partial charge in [-0.15, -0.1) is 13.2 Å². The van der Waals surface area contributed by atoms with Gasteiger partial charge in [0.05, 0.1) is 5.69 Å². The molecule has 0 aliphatic carbocycles. The number of oxazole rings is 1. The Morgan fingerprint density at radius 1 is 1.15 bits per heavy atom. The van der Waals surface area contributed by atoms with Crippen LogP contribution in [0.5, 0.6) is 0 Å². The van der Waals surface area contributed by atoms with Crippen LogP contribution in [0, 0.1) is 6.92 Å². The Labute approximate surface area is 120 Å². The molecule has 3 heteroatoms. The zero-order valence-electron chi connectivity index (χ0n) is 11.9. The summed E-state index contributed by atoms with van der Waals surface area (Å²) in [6, 6.07) is 9.95. The molecule has 2 rings (SSSR count). The highest BCUT2D eigenvalue weighted by molar-refractivity contribution is 5.53. The Kier molecular flexibility index (Phi) is 4.91. The second-order valence-electron chi connectivity index (χ2n) is 4.66. The van der Waals surface area contributed by atoms with Gasteiger partial charge in [-0.3, -0.25) is 4.90 Å². The molecule has 0 N–H and O–H groups in total. The molecule has 104 valence electrons. The third kappa shape index (κ3) is 3.45. The first-order chi connectivity index (χ1) is 9.74. The van der Waals surface area contributed by atoms with Gasteiger partial charge in [0, 0.05) is 25.2 Å². The number of nitrogens with zero attached hydrogens (tertiary/aromatic N) is 2. The zero-order chi connectivity index (χ0) is 14.4. The van der Waals surface area contributed by atoms with Crippen LogP contribution in [0.4, 0.5) is 0 Å². The molecule has 0 saturated heterocycles. The molecule has 0 bridgehead atoms. The van der Waals surface area contributed by atoms with E-state index >= 15 is 0 Å². The number of aromatic nitrogens is 1. The van der Waals surface area contributed by atoms with Crippen LogP contribution in [0.15, 0.2) is 60.1 Å². The van der Waals surface area contributed by atoms with Crippen molar-refractivity contribution < 1.29 is 4.42 Å². The van der Waals surface area contributed by atoms with Crippen molar-refractivity contribution in [3.63, 3.8) is 0 Å². The van der Waals surface area contributed by atoms with E-state index in [0.29, 0.717) is 5.89 Å². The number of hydrogen-bond acceptors (Lipinski definition) is 3. The number of aryl methyl sites for hydroxylation is 1. The van der Waals surface area contributed by atoms with E-state index in [9.17, 15) is 0 Å². The summed E-state index contributed by atoms with van der Waals surface area (Å²) in [7, 11) is 0. The first-order valence-electron chi connectivity index (χ1n) is 6.70. The third-order valence-corrected chi connectivity index (χ3v) is 3.06. The lowest BCUT2D eigenvalue weighted by Crippen LogP contribution is -2.23. The predicted octanol–water partition coefficient (Wildman–Crippen LogP) is 3.82. The van der Waals surface area contributed by atoms with E-state index in [-0.39, 0.29) is 0 Å². The molecule has 1 aromatic carbocycles. The second kappa shape index (κ2) is 6.87. The summed E-state index contributed by atoms with van der Waals surface area (Å²) in [6.07, 6.45) is 3.77. The topological polar surface area (TPSA) is 29.3 Å². The first kappa shape index (κ1) is 14.3. The minimum absolute atomic E-state index is 0.676. The summed E-state index contributed by atoms with van der Waals surface area (Å²) in [5.41, 5.74) is 1.97. The molecule has 0 fully saturated rings. The molecule has 1 heterocycles. The number of benzene rings is 1. The van der Waals surface area contributed by atoms with E-state index in [4.69, 9.17) is 4.42 Å². The Hall–Kier alpha value is -2.13. The Bertz CT molecular complexity index is 562. The highest BCUT2D eigenvalue weighted by Gasteiger charge is 2.13. The molecule has 3 nitrogen and oxygen atoms in total. The fourth-order valence-corrected chi connectivity index (χ4v) is 2.06. The third-order valence-electron chi connectivity index (χ3n) is 3.06. The van der Waals surface area contributed by atoms with Gasteiger partial charge in [-0.25, -0.2) is 4.98 Å². The van der Waals surface area contributed by atoms with Crippen LogP contribution in [0.3, 0.4) is 0 Å². The molecule has 0 unspecified atom stereocenters. The van der Waals surface area contributed by atoms with Gasteiger partial charge >= 0.3 is 0 Å². The van der Waals surface area contributed by atoms with E-state index in [2.05, 4.69) is 23.0 Å². The monoisotopic (exact) mass is 268 g/mol. The summed E-state index contributed by atoms with van der Waals surface area (Å²) in [4.78, 5) is 6.82. The highest BCUT2D eigenvalue weighted by atomic mass is 16.4. The van der Waals surface area contributed by atoms with Crippen molar-refractivity contribution in [2.45, 2.75) is 13.5 Å². The SMILES string of the molecule is C=CCN(CC=C)Cc1nc(-c2ccccc2)oc1C. The van der Waals surface area contributed by atoms with Crippen LogP contribution in [0.2, 0.25) is 0 Å². The zero-order valence-corrected chi connectivity index (χ0v) is 11.9. The fourth-order valence-electron chi connectivity index (χ4n) is 2.06. The van der Waals surface area contributed by atoms with E-state index < -0.39 is 0 Å². The molecule has 0 atom stereocenters. The van der Waals surface area contributed by atoms with Gasteiger partial charge in [-0.1, -0.05) is 30.4 Å². The lowest BCUT2D eigenvalue weighted by Gasteiger charge is -2.17. The normalized spacial score (nSPS) is 10.7. The molecule has 0 aliphatic heterocycles. The molecule has 1 aromatic heterocycles. The summed E-state index contributed by atoms with van der Waals surface area (Å²) in [5.74, 6) is 1.54. The molecular formula is C17H20N2O. The molecule has 2 aromatic rings. The Morgan fingerprint density at radius 3 is 2.40 bits per heavy atom. The van der Waals surface area contributed by atoms with Gasteiger partial charge in [0.2, 0.25) is 5.89 Å². The smallest absolute Gasteiger partial charge is 0.226 e. The maximum Gasteiger partial charge on any atom is 0.226 e. The maximum atomic E-state index is 5.77. The van der Waals surface area contributed by atoms with Crippen molar-refractivity contribution in [1.29, 1.82) is 0 Å². The van der Waals surface area contributed by atoms with Gasteiger partial charge in [0.25, 0.3) is 0 Å². The van der Waals surface area contributed by atoms with Crippen LogP contribution in [-0.2, 0) is 6.54 Å². The second-order valence-corrected chi connectivity index (χ2v) is 4.66. The minimum Gasteiger partial charge on any atom is -0.441 e. The molecule has 20 heavy (non-hydrogen) atoms. The maximum absolute atomic E-state index is 5.77. The van der Waals surface area contributed by atoms with Crippen molar-refractivity contribution in [2.75, 3.05) is 13.1 Å². The van der Waals surface area contributed by atoms with Crippen molar-refractivity contribution in [3.8, 4) is 11.5 Å². The fraction of sp³-hybridized carbons (Fsp3) is 0.235. The van der Waals surface area contributed by atoms with Crippen molar-refractivity contribution in [3.05, 3.63) is 67.1 Å². The lowest BCUT2D eigenvalue weighted by atomic mass is 10.2. The van der Waals surface area contributed by atoms with Crippen LogP contribution >= 0.6 is 0 Å². The Morgan fingerprint density at radius 2 is 1.80 bits per heavy atom. The molecular weight excluding hydrogens is 248 g/mol. The van der Waals surface area contributed by atoms with E-state index in [1.807, 2.05) is 49.4 Å². The van der Waals surface area contributed by atoms with Gasteiger partial charge in [0.15, 0.2) is 0 Å². The van der Waals surface area contributed by atoms with Gasteiger partial charge in [0.1, 0.15) is 5.76 Å². The quantitative estimate of drug-likeness (QED) is 0.715. The van der Waals surface area contributed by atoms with Crippen LogP contribution < -0.4 is 0 Å². The average Bonchev–Trinajstić information content (AvgIpc) is 2.82. The summed E-state index contributed by atoms with van der Waals surface area (Å²) >= 11 is 0. The van der Waals surface area contributed by atoms with E-state index in [1.54, 1.807) is 0 Å². The number of hydrogen-bond donors (Lipinski definition) is 0. The van der Waals surface area contributed by atoms with Crippen molar-refractivity contribution in [2.24, 2.45) is 0 Å². The molecule has 0 amide bonds.